The molecule has 0 spiro atoms. The van der Waals surface area contributed by atoms with Crippen LogP contribution in [0.4, 0.5) is 11.4 Å². The first-order valence-electron chi connectivity index (χ1n) is 12.1. The van der Waals surface area contributed by atoms with Gasteiger partial charge in [0.1, 0.15) is 0 Å². The number of nitrogens with one attached hydrogen (secondary N) is 1. The third-order valence-corrected chi connectivity index (χ3v) is 7.24. The Labute approximate surface area is 199 Å². The van der Waals surface area contributed by atoms with E-state index in [0.29, 0.717) is 0 Å². The van der Waals surface area contributed by atoms with E-state index in [1.54, 1.807) is 6.92 Å². The van der Waals surface area contributed by atoms with Gasteiger partial charge in [0.15, 0.2) is 5.78 Å². The quantitative estimate of drug-likeness (QED) is 0.478. The van der Waals surface area contributed by atoms with E-state index in [2.05, 4.69) is 61.3 Å². The minimum atomic E-state index is 0.113. The molecule has 7 heteroatoms. The number of hydrogen-bond donors (Lipinski definition) is 1. The summed E-state index contributed by atoms with van der Waals surface area (Å²) in [4.78, 5) is 16.5. The maximum atomic E-state index is 11.6. The van der Waals surface area contributed by atoms with Crippen molar-refractivity contribution in [2.45, 2.75) is 19.9 Å². The van der Waals surface area contributed by atoms with Crippen molar-refractivity contribution >= 4 is 28.1 Å². The van der Waals surface area contributed by atoms with Gasteiger partial charge >= 0.3 is 0 Å². The Morgan fingerprint density at radius 2 is 1.65 bits per heavy atom. The number of nitrogens with zero attached hydrogens (tertiary/aromatic N) is 5. The fraction of sp³-hybridized carbons (Fsp3) is 0.333. The van der Waals surface area contributed by atoms with Crippen LogP contribution in [-0.4, -0.2) is 52.9 Å². The molecule has 0 aliphatic carbocycles. The largest absolute Gasteiger partial charge is 0.368 e. The minimum Gasteiger partial charge on any atom is -0.368 e. The molecular formula is C27H30N6O. The van der Waals surface area contributed by atoms with E-state index in [4.69, 9.17) is 0 Å². The normalized spacial score (nSPS) is 16.2. The van der Waals surface area contributed by atoms with Crippen LogP contribution in [0, 0.1) is 0 Å². The highest BCUT2D eigenvalue weighted by molar-refractivity contribution is 5.94. The smallest absolute Gasteiger partial charge is 0.159 e. The second-order valence-corrected chi connectivity index (χ2v) is 9.34. The fourth-order valence-corrected chi connectivity index (χ4v) is 5.42. The van der Waals surface area contributed by atoms with Gasteiger partial charge in [-0.15, -0.1) is 0 Å². The lowest BCUT2D eigenvalue weighted by Gasteiger charge is -2.37. The lowest BCUT2D eigenvalue weighted by molar-refractivity contribution is 0.101. The molecule has 7 nitrogen and oxygen atoms in total. The summed E-state index contributed by atoms with van der Waals surface area (Å²) >= 11 is 0. The summed E-state index contributed by atoms with van der Waals surface area (Å²) in [5, 5.41) is 9.32. The van der Waals surface area contributed by atoms with Gasteiger partial charge in [-0.3, -0.25) is 9.48 Å². The standard InChI is InChI=1S/C27H30N6O/c1-19(34)20-3-5-21(6-4-20)31-11-13-32(14-12-31)22-7-8-26-24(15-22)25-17-28-10-9-27(25)33(26)23-16-29-30(2)18-23/h3-8,15-16,18,28H,9-14,17H2,1-2H3. The first-order chi connectivity index (χ1) is 16.6. The second kappa shape index (κ2) is 8.33. The third-order valence-electron chi connectivity index (χ3n) is 7.24. The number of piperazine rings is 1. The van der Waals surface area contributed by atoms with E-state index in [9.17, 15) is 4.79 Å². The van der Waals surface area contributed by atoms with Gasteiger partial charge in [-0.05, 0) is 55.0 Å². The number of carbonyl (C=O) groups excluding carboxylic acids is 1. The molecule has 2 aliphatic heterocycles. The average molecular weight is 455 g/mol. The summed E-state index contributed by atoms with van der Waals surface area (Å²) in [6, 6.07) is 14.9. The number of Topliss-reactive ketones (excluding diaryl/α,β-unsaturated/α-hetero) is 1. The molecule has 0 unspecified atom stereocenters. The van der Waals surface area contributed by atoms with E-state index < -0.39 is 0 Å². The van der Waals surface area contributed by atoms with Crippen molar-refractivity contribution in [2.24, 2.45) is 7.05 Å². The number of aryl methyl sites for hydroxylation is 1. The van der Waals surface area contributed by atoms with Crippen LogP contribution in [0.1, 0.15) is 28.5 Å². The third kappa shape index (κ3) is 3.56. The van der Waals surface area contributed by atoms with Gasteiger partial charge in [-0.2, -0.15) is 5.10 Å². The molecule has 174 valence electrons. The Balaban J connectivity index is 1.27. The molecule has 0 saturated carbocycles. The van der Waals surface area contributed by atoms with Crippen LogP contribution in [0.25, 0.3) is 16.6 Å². The van der Waals surface area contributed by atoms with E-state index in [-0.39, 0.29) is 5.78 Å². The molecule has 6 rings (SSSR count). The van der Waals surface area contributed by atoms with E-state index in [1.165, 1.54) is 33.5 Å². The summed E-state index contributed by atoms with van der Waals surface area (Å²) in [6.45, 7) is 7.41. The van der Waals surface area contributed by atoms with Crippen molar-refractivity contribution in [3.63, 3.8) is 0 Å². The van der Waals surface area contributed by atoms with Gasteiger partial charge < -0.3 is 19.7 Å². The van der Waals surface area contributed by atoms with Crippen molar-refractivity contribution in [1.82, 2.24) is 19.7 Å². The highest BCUT2D eigenvalue weighted by atomic mass is 16.1. The number of rotatable bonds is 4. The summed E-state index contributed by atoms with van der Waals surface area (Å²) < 4.78 is 4.26. The average Bonchev–Trinajstić information content (AvgIpc) is 3.44. The Kier molecular flexibility index (Phi) is 5.14. The fourth-order valence-electron chi connectivity index (χ4n) is 5.42. The Bertz CT molecular complexity index is 1360. The molecule has 34 heavy (non-hydrogen) atoms. The molecular weight excluding hydrogens is 424 g/mol. The van der Waals surface area contributed by atoms with Gasteiger partial charge in [-0.1, -0.05) is 0 Å². The maximum absolute atomic E-state index is 11.6. The van der Waals surface area contributed by atoms with Crippen LogP contribution >= 0.6 is 0 Å². The van der Waals surface area contributed by atoms with Crippen molar-refractivity contribution in [1.29, 1.82) is 0 Å². The summed E-state index contributed by atoms with van der Waals surface area (Å²) in [5.41, 5.74) is 8.45. The zero-order valence-electron chi connectivity index (χ0n) is 19.8. The van der Waals surface area contributed by atoms with Gasteiger partial charge in [-0.25, -0.2) is 0 Å². The van der Waals surface area contributed by atoms with Crippen LogP contribution < -0.4 is 15.1 Å². The van der Waals surface area contributed by atoms with Crippen LogP contribution in [-0.2, 0) is 20.0 Å². The number of ketones is 1. The first-order valence-corrected chi connectivity index (χ1v) is 12.1. The molecule has 2 aliphatic rings. The summed E-state index contributed by atoms with van der Waals surface area (Å²) in [7, 11) is 1.97. The number of benzene rings is 2. The number of fused-ring (bicyclic) bond motifs is 3. The zero-order chi connectivity index (χ0) is 23.2. The van der Waals surface area contributed by atoms with Crippen LogP contribution in [0.5, 0.6) is 0 Å². The molecule has 0 bridgehead atoms. The van der Waals surface area contributed by atoms with Gasteiger partial charge in [0.05, 0.1) is 17.4 Å². The van der Waals surface area contributed by atoms with Crippen LogP contribution in [0.2, 0.25) is 0 Å². The first kappa shape index (κ1) is 21.0. The molecule has 1 N–H and O–H groups in total. The summed E-state index contributed by atoms with van der Waals surface area (Å²) in [6.07, 6.45) is 5.07. The predicted molar refractivity (Wildman–Crippen MR) is 136 cm³/mol. The van der Waals surface area contributed by atoms with E-state index in [0.717, 1.165) is 56.9 Å². The number of carbonyl (C=O) groups is 1. The minimum absolute atomic E-state index is 0.113. The maximum Gasteiger partial charge on any atom is 0.159 e. The molecule has 0 atom stereocenters. The molecule has 2 aromatic heterocycles. The van der Waals surface area contributed by atoms with Gasteiger partial charge in [0, 0.05) is 87.0 Å². The Morgan fingerprint density at radius 3 is 2.32 bits per heavy atom. The van der Waals surface area contributed by atoms with Gasteiger partial charge in [0.2, 0.25) is 0 Å². The molecule has 4 heterocycles. The number of anilines is 2. The molecule has 0 amide bonds. The van der Waals surface area contributed by atoms with Crippen molar-refractivity contribution < 1.29 is 4.79 Å². The van der Waals surface area contributed by atoms with Crippen LogP contribution in [0.15, 0.2) is 54.9 Å². The van der Waals surface area contributed by atoms with Gasteiger partial charge in [0.25, 0.3) is 0 Å². The van der Waals surface area contributed by atoms with Crippen molar-refractivity contribution in [2.75, 3.05) is 42.5 Å². The molecule has 2 aromatic carbocycles. The number of aromatic nitrogens is 3. The molecule has 1 saturated heterocycles. The predicted octanol–water partition coefficient (Wildman–Crippen LogP) is 3.54. The number of hydrogen-bond acceptors (Lipinski definition) is 5. The SMILES string of the molecule is CC(=O)c1ccc(N2CCN(c3ccc4c(c3)c3c(n4-c4cnn(C)c4)CCNC3)CC2)cc1. The molecule has 1 fully saturated rings. The highest BCUT2D eigenvalue weighted by Gasteiger charge is 2.23. The van der Waals surface area contributed by atoms with Crippen LogP contribution in [0.3, 0.4) is 0 Å². The Hall–Kier alpha value is -3.58. The monoisotopic (exact) mass is 454 g/mol. The molecule has 4 aromatic rings. The topological polar surface area (TPSA) is 58.3 Å². The lowest BCUT2D eigenvalue weighted by atomic mass is 10.1. The highest BCUT2D eigenvalue weighted by Crippen LogP contribution is 2.34. The lowest BCUT2D eigenvalue weighted by Crippen LogP contribution is -2.46. The Morgan fingerprint density at radius 1 is 0.941 bits per heavy atom. The summed E-state index contributed by atoms with van der Waals surface area (Å²) in [5.74, 6) is 0.113. The van der Waals surface area contributed by atoms with E-state index >= 15 is 0 Å². The van der Waals surface area contributed by atoms with Crippen molar-refractivity contribution in [3.8, 4) is 5.69 Å². The van der Waals surface area contributed by atoms with Crippen molar-refractivity contribution in [3.05, 3.63) is 71.7 Å². The molecule has 0 radical (unpaired) electrons. The second-order valence-electron chi connectivity index (χ2n) is 9.34. The van der Waals surface area contributed by atoms with E-state index in [1.807, 2.05) is 30.1 Å². The zero-order valence-corrected chi connectivity index (χ0v) is 19.8.